The molecule has 0 spiro atoms. The second kappa shape index (κ2) is 6.46. The zero-order chi connectivity index (χ0) is 22.0. The van der Waals surface area contributed by atoms with Gasteiger partial charge in [-0.25, -0.2) is 0 Å². The number of fused-ring (bicyclic) bond motifs is 11. The number of hydrogen-bond donors (Lipinski definition) is 0. The zero-order valence-electron chi connectivity index (χ0n) is 16.6. The Hall–Kier alpha value is -4.58. The van der Waals surface area contributed by atoms with Crippen LogP contribution in [0.3, 0.4) is 0 Å². The highest BCUT2D eigenvalue weighted by Gasteiger charge is 2.30. The molecular formula is C26H14N2O4. The van der Waals surface area contributed by atoms with E-state index in [-0.39, 0.29) is 0 Å². The third kappa shape index (κ3) is 2.29. The third-order valence-corrected chi connectivity index (χ3v) is 6.21. The lowest BCUT2D eigenvalue weighted by atomic mass is 9.86. The van der Waals surface area contributed by atoms with Crippen molar-refractivity contribution in [1.29, 1.82) is 0 Å². The standard InChI is InChI=1S/C26H14N2O4/c29-27(30)22-14-13-21-17-9-3-5-11-19(17)23-18-10-4-1-7-15(18)16-8-2-6-12-20(16)24(23)25(21)26(22)28(31)32/h1-14H. The van der Waals surface area contributed by atoms with Crippen LogP contribution in [-0.4, -0.2) is 9.85 Å². The van der Waals surface area contributed by atoms with E-state index in [1.54, 1.807) is 6.07 Å². The number of nitro benzene ring substituents is 2. The van der Waals surface area contributed by atoms with Crippen LogP contribution < -0.4 is 0 Å². The van der Waals surface area contributed by atoms with E-state index in [0.29, 0.717) is 16.2 Å². The molecule has 0 aromatic heterocycles. The predicted molar refractivity (Wildman–Crippen MR) is 127 cm³/mol. The highest BCUT2D eigenvalue weighted by Crippen LogP contribution is 2.48. The van der Waals surface area contributed by atoms with Crippen molar-refractivity contribution in [3.05, 3.63) is 105 Å². The van der Waals surface area contributed by atoms with Crippen LogP contribution in [0.25, 0.3) is 53.9 Å². The quantitative estimate of drug-likeness (QED) is 0.168. The van der Waals surface area contributed by atoms with Gasteiger partial charge in [0.25, 0.3) is 0 Å². The normalized spacial score (nSPS) is 11.6. The average Bonchev–Trinajstić information content (AvgIpc) is 2.82. The fraction of sp³-hybridized carbons (Fsp3) is 0. The average molecular weight is 418 g/mol. The number of benzene rings is 6. The molecule has 0 bridgehead atoms. The molecule has 6 rings (SSSR count). The molecular weight excluding hydrogens is 404 g/mol. The zero-order valence-corrected chi connectivity index (χ0v) is 16.6. The van der Waals surface area contributed by atoms with Gasteiger partial charge in [0.15, 0.2) is 0 Å². The van der Waals surface area contributed by atoms with E-state index in [4.69, 9.17) is 0 Å². The Bertz CT molecular complexity index is 1770. The lowest BCUT2D eigenvalue weighted by molar-refractivity contribution is -0.421. The molecule has 0 aliphatic rings. The maximum Gasteiger partial charge on any atom is 0.354 e. The van der Waals surface area contributed by atoms with Crippen LogP contribution in [0.15, 0.2) is 84.9 Å². The van der Waals surface area contributed by atoms with Crippen molar-refractivity contribution < 1.29 is 9.85 Å². The Morgan fingerprint density at radius 1 is 0.438 bits per heavy atom. The Morgan fingerprint density at radius 2 is 0.844 bits per heavy atom. The minimum Gasteiger partial charge on any atom is -0.258 e. The summed E-state index contributed by atoms with van der Waals surface area (Å²) in [5.41, 5.74) is -0.972. The van der Waals surface area contributed by atoms with Gasteiger partial charge in [-0.3, -0.25) is 20.2 Å². The van der Waals surface area contributed by atoms with Gasteiger partial charge in [-0.2, -0.15) is 0 Å². The van der Waals surface area contributed by atoms with E-state index in [9.17, 15) is 20.2 Å². The van der Waals surface area contributed by atoms with Crippen molar-refractivity contribution in [2.75, 3.05) is 0 Å². The molecule has 6 aromatic rings. The summed E-state index contributed by atoms with van der Waals surface area (Å²) in [4.78, 5) is 22.7. The molecule has 152 valence electrons. The Labute approximate surface area is 180 Å². The highest BCUT2D eigenvalue weighted by molar-refractivity contribution is 6.40. The summed E-state index contributed by atoms with van der Waals surface area (Å²) in [6, 6.07) is 26.3. The molecule has 6 aromatic carbocycles. The fourth-order valence-corrected chi connectivity index (χ4v) is 5.01. The van der Waals surface area contributed by atoms with Gasteiger partial charge in [0.05, 0.1) is 15.2 Å². The molecule has 0 N–H and O–H groups in total. The summed E-state index contributed by atoms with van der Waals surface area (Å²) >= 11 is 0. The minimum absolute atomic E-state index is 0.305. The summed E-state index contributed by atoms with van der Waals surface area (Å²) in [6.45, 7) is 0. The van der Waals surface area contributed by atoms with Crippen LogP contribution in [0.2, 0.25) is 0 Å². The van der Waals surface area contributed by atoms with E-state index >= 15 is 0 Å². The smallest absolute Gasteiger partial charge is 0.258 e. The van der Waals surface area contributed by atoms with Gasteiger partial charge in [0.1, 0.15) is 0 Å². The molecule has 32 heavy (non-hydrogen) atoms. The van der Waals surface area contributed by atoms with Gasteiger partial charge in [-0.15, -0.1) is 0 Å². The first kappa shape index (κ1) is 18.2. The molecule has 0 aliphatic heterocycles. The van der Waals surface area contributed by atoms with E-state index < -0.39 is 21.2 Å². The van der Waals surface area contributed by atoms with Crippen LogP contribution >= 0.6 is 0 Å². The van der Waals surface area contributed by atoms with Crippen molar-refractivity contribution in [2.45, 2.75) is 0 Å². The molecule has 0 saturated carbocycles. The van der Waals surface area contributed by atoms with E-state index in [0.717, 1.165) is 37.7 Å². The SMILES string of the molecule is O=[N+]([O-])c1ccc2c3ccccc3c3c4ccccc4c4ccccc4c3c2c1[N+](=O)[O-]. The molecule has 0 aliphatic carbocycles. The summed E-state index contributed by atoms with van der Waals surface area (Å²) < 4.78 is 0. The van der Waals surface area contributed by atoms with Crippen LogP contribution in [0.5, 0.6) is 0 Å². The molecule has 0 unspecified atom stereocenters. The van der Waals surface area contributed by atoms with Gasteiger partial charge in [0, 0.05) is 11.5 Å². The highest BCUT2D eigenvalue weighted by atomic mass is 16.6. The fourth-order valence-electron chi connectivity index (χ4n) is 5.01. The third-order valence-electron chi connectivity index (χ3n) is 6.21. The second-order valence-electron chi connectivity index (χ2n) is 7.76. The predicted octanol–water partition coefficient (Wildman–Crippen LogP) is 7.27. The van der Waals surface area contributed by atoms with Crippen LogP contribution in [-0.2, 0) is 0 Å². The van der Waals surface area contributed by atoms with Crippen molar-refractivity contribution in [2.24, 2.45) is 0 Å². The number of nitro groups is 2. The van der Waals surface area contributed by atoms with E-state index in [1.807, 2.05) is 72.8 Å². The van der Waals surface area contributed by atoms with Gasteiger partial charge in [-0.1, -0.05) is 72.8 Å². The van der Waals surface area contributed by atoms with Crippen molar-refractivity contribution in [1.82, 2.24) is 0 Å². The largest absolute Gasteiger partial charge is 0.354 e. The molecule has 6 nitrogen and oxygen atoms in total. The Balaban J connectivity index is 2.12. The maximum absolute atomic E-state index is 12.2. The molecule has 0 saturated heterocycles. The molecule has 0 atom stereocenters. The second-order valence-corrected chi connectivity index (χ2v) is 7.76. The topological polar surface area (TPSA) is 86.3 Å². The number of rotatable bonds is 2. The first-order valence-electron chi connectivity index (χ1n) is 10.1. The molecule has 0 amide bonds. The first-order valence-corrected chi connectivity index (χ1v) is 10.1. The summed E-state index contributed by atoms with van der Waals surface area (Å²) in [6.07, 6.45) is 0. The summed E-state index contributed by atoms with van der Waals surface area (Å²) in [5.74, 6) is 0. The van der Waals surface area contributed by atoms with Crippen LogP contribution in [0.1, 0.15) is 0 Å². The van der Waals surface area contributed by atoms with Gasteiger partial charge in [-0.05, 0) is 49.2 Å². The first-order chi connectivity index (χ1) is 15.6. The summed E-state index contributed by atoms with van der Waals surface area (Å²) in [5, 5.41) is 32.0. The van der Waals surface area contributed by atoms with Crippen LogP contribution in [0, 0.1) is 20.2 Å². The van der Waals surface area contributed by atoms with Gasteiger partial charge in [0.2, 0.25) is 0 Å². The molecule has 6 heteroatoms. The monoisotopic (exact) mass is 418 g/mol. The van der Waals surface area contributed by atoms with Gasteiger partial charge >= 0.3 is 11.4 Å². The lowest BCUT2D eigenvalue weighted by Gasteiger charge is -2.16. The Morgan fingerprint density at radius 3 is 1.31 bits per heavy atom. The van der Waals surface area contributed by atoms with E-state index in [1.165, 1.54) is 6.07 Å². The molecule has 0 radical (unpaired) electrons. The summed E-state index contributed by atoms with van der Waals surface area (Å²) in [7, 11) is 0. The van der Waals surface area contributed by atoms with Crippen molar-refractivity contribution >= 4 is 65.2 Å². The number of hydrogen-bond acceptors (Lipinski definition) is 4. The number of nitrogens with zero attached hydrogens (tertiary/aromatic N) is 2. The Kier molecular flexibility index (Phi) is 3.67. The van der Waals surface area contributed by atoms with Crippen molar-refractivity contribution in [3.63, 3.8) is 0 Å². The van der Waals surface area contributed by atoms with Gasteiger partial charge < -0.3 is 0 Å². The van der Waals surface area contributed by atoms with Crippen molar-refractivity contribution in [3.8, 4) is 0 Å². The lowest BCUT2D eigenvalue weighted by Crippen LogP contribution is -1.99. The minimum atomic E-state index is -0.679. The maximum atomic E-state index is 12.2. The molecule has 0 heterocycles. The van der Waals surface area contributed by atoms with E-state index in [2.05, 4.69) is 0 Å². The molecule has 0 fully saturated rings. The van der Waals surface area contributed by atoms with Crippen LogP contribution in [0.4, 0.5) is 11.4 Å².